The number of aliphatic hydroxyl groups excluding tert-OH is 1. The van der Waals surface area contributed by atoms with Gasteiger partial charge in [-0.25, -0.2) is 0 Å². The number of nitrogens with one attached hydrogen (secondary N) is 1. The quantitative estimate of drug-likeness (QED) is 0.884. The first-order chi connectivity index (χ1) is 10.1. The zero-order valence-electron chi connectivity index (χ0n) is 12.8. The Hall–Kier alpha value is -0.570. The minimum Gasteiger partial charge on any atom is -0.393 e. The number of aliphatic hydroxyl groups is 1. The fourth-order valence-corrected chi connectivity index (χ4v) is 4.06. The summed E-state index contributed by atoms with van der Waals surface area (Å²) in [5.41, 5.74) is 1.54. The second kappa shape index (κ2) is 6.28. The maximum atomic E-state index is 10.7. The third-order valence-corrected chi connectivity index (χ3v) is 5.86. The summed E-state index contributed by atoms with van der Waals surface area (Å²) in [5.74, 6) is 0.408. The van der Waals surface area contributed by atoms with Crippen LogP contribution in [-0.2, 0) is 5.41 Å². The van der Waals surface area contributed by atoms with Crippen molar-refractivity contribution in [1.82, 2.24) is 5.32 Å². The van der Waals surface area contributed by atoms with Crippen molar-refractivity contribution >= 4 is 11.6 Å². The molecule has 3 heteroatoms. The normalized spacial score (nSPS) is 29.7. The Bertz CT molecular complexity index is 461. The number of hydrogen-bond donors (Lipinski definition) is 2. The van der Waals surface area contributed by atoms with Crippen molar-refractivity contribution in [3.05, 3.63) is 34.9 Å². The van der Waals surface area contributed by atoms with Gasteiger partial charge in [-0.2, -0.15) is 0 Å². The molecule has 3 rings (SSSR count). The molecule has 2 N–H and O–H groups in total. The summed E-state index contributed by atoms with van der Waals surface area (Å²) in [4.78, 5) is 0. The summed E-state index contributed by atoms with van der Waals surface area (Å²) in [6, 6.07) is 8.85. The highest BCUT2D eigenvalue weighted by Gasteiger charge is 2.41. The molecule has 21 heavy (non-hydrogen) atoms. The Balaban J connectivity index is 1.67. The molecular weight excluding hydrogens is 282 g/mol. The molecule has 1 aromatic carbocycles. The van der Waals surface area contributed by atoms with Gasteiger partial charge >= 0.3 is 0 Å². The van der Waals surface area contributed by atoms with Gasteiger partial charge in [0.2, 0.25) is 0 Å². The van der Waals surface area contributed by atoms with E-state index in [2.05, 4.69) is 24.4 Å². The molecule has 2 aliphatic rings. The van der Waals surface area contributed by atoms with Gasteiger partial charge < -0.3 is 10.4 Å². The van der Waals surface area contributed by atoms with E-state index in [9.17, 15) is 5.11 Å². The smallest absolute Gasteiger partial charge is 0.0589 e. The van der Waals surface area contributed by atoms with Crippen LogP contribution in [0, 0.1) is 5.92 Å². The van der Waals surface area contributed by atoms with Gasteiger partial charge in [0.25, 0.3) is 0 Å². The summed E-state index contributed by atoms with van der Waals surface area (Å²) in [6.45, 7) is 3.18. The monoisotopic (exact) mass is 307 g/mol. The molecule has 116 valence electrons. The van der Waals surface area contributed by atoms with Crippen LogP contribution in [-0.4, -0.2) is 23.8 Å². The van der Waals surface area contributed by atoms with Gasteiger partial charge in [0.1, 0.15) is 0 Å². The van der Waals surface area contributed by atoms with Crippen molar-refractivity contribution < 1.29 is 5.11 Å². The lowest BCUT2D eigenvalue weighted by molar-refractivity contribution is 0.0367. The molecule has 3 atom stereocenters. The molecule has 2 fully saturated rings. The van der Waals surface area contributed by atoms with Crippen molar-refractivity contribution in [3.63, 3.8) is 0 Å². The first-order valence-electron chi connectivity index (χ1n) is 8.27. The second-order valence-corrected chi connectivity index (χ2v) is 7.50. The van der Waals surface area contributed by atoms with Gasteiger partial charge in [0.05, 0.1) is 6.10 Å². The second-order valence-electron chi connectivity index (χ2n) is 7.06. The molecule has 1 aromatic rings. The average molecular weight is 308 g/mol. The van der Waals surface area contributed by atoms with E-state index in [0.717, 1.165) is 24.4 Å². The van der Waals surface area contributed by atoms with Crippen LogP contribution in [0.1, 0.15) is 51.0 Å². The maximum absolute atomic E-state index is 10.7. The van der Waals surface area contributed by atoms with Gasteiger partial charge in [0, 0.05) is 17.6 Å². The number of piperidine rings is 1. The fraction of sp³-hybridized carbons (Fsp3) is 0.667. The van der Waals surface area contributed by atoms with Crippen LogP contribution in [0.25, 0.3) is 0 Å². The zero-order chi connectivity index (χ0) is 14.9. The van der Waals surface area contributed by atoms with Gasteiger partial charge in [-0.1, -0.05) is 30.2 Å². The predicted octanol–water partition coefficient (Wildman–Crippen LogP) is 3.90. The van der Waals surface area contributed by atoms with Crippen LogP contribution in [0.2, 0.25) is 5.02 Å². The summed E-state index contributed by atoms with van der Waals surface area (Å²) >= 11 is 6.01. The highest BCUT2D eigenvalue weighted by Crippen LogP contribution is 2.48. The van der Waals surface area contributed by atoms with E-state index in [1.807, 2.05) is 12.1 Å². The SMILES string of the molecule is CC1CCC(C(O)CC2(c3ccc(Cl)cc3)CCC2)CN1. The average Bonchev–Trinajstić information content (AvgIpc) is 2.44. The van der Waals surface area contributed by atoms with Crippen LogP contribution in [0.5, 0.6) is 0 Å². The topological polar surface area (TPSA) is 32.3 Å². The summed E-state index contributed by atoms with van der Waals surface area (Å²) in [6.07, 6.45) is 6.69. The van der Waals surface area contributed by atoms with E-state index >= 15 is 0 Å². The van der Waals surface area contributed by atoms with Gasteiger partial charge in [-0.05, 0) is 68.1 Å². The number of halogens is 1. The van der Waals surface area contributed by atoms with Crippen molar-refractivity contribution in [1.29, 1.82) is 0 Å². The highest BCUT2D eigenvalue weighted by atomic mass is 35.5. The summed E-state index contributed by atoms with van der Waals surface area (Å²) in [5, 5.41) is 15.0. The third kappa shape index (κ3) is 3.28. The zero-order valence-corrected chi connectivity index (χ0v) is 13.6. The summed E-state index contributed by atoms with van der Waals surface area (Å²) in [7, 11) is 0. The molecular formula is C18H26ClNO. The highest BCUT2D eigenvalue weighted by molar-refractivity contribution is 6.30. The van der Waals surface area contributed by atoms with E-state index in [1.54, 1.807) is 0 Å². The van der Waals surface area contributed by atoms with Crippen molar-refractivity contribution in [3.8, 4) is 0 Å². The Morgan fingerprint density at radius 2 is 2.00 bits per heavy atom. The van der Waals surface area contributed by atoms with Crippen LogP contribution in [0.15, 0.2) is 24.3 Å². The molecule has 1 aliphatic carbocycles. The van der Waals surface area contributed by atoms with Crippen LogP contribution < -0.4 is 5.32 Å². The Morgan fingerprint density at radius 3 is 2.52 bits per heavy atom. The molecule has 0 spiro atoms. The molecule has 0 amide bonds. The molecule has 1 saturated heterocycles. The van der Waals surface area contributed by atoms with Crippen LogP contribution >= 0.6 is 11.6 Å². The minimum absolute atomic E-state index is 0.188. The lowest BCUT2D eigenvalue weighted by Gasteiger charge is -2.45. The maximum Gasteiger partial charge on any atom is 0.0589 e. The van der Waals surface area contributed by atoms with E-state index in [-0.39, 0.29) is 11.5 Å². The van der Waals surface area contributed by atoms with Crippen molar-refractivity contribution in [2.45, 2.75) is 63.0 Å². The molecule has 1 saturated carbocycles. The molecule has 2 nitrogen and oxygen atoms in total. The first kappa shape index (κ1) is 15.3. The van der Waals surface area contributed by atoms with E-state index in [1.165, 1.54) is 31.2 Å². The standard InChI is InChI=1S/C18H26ClNO/c1-13-3-4-14(12-20-13)17(21)11-18(9-2-10-18)15-5-7-16(19)8-6-15/h5-8,13-14,17,20-21H,2-4,9-12H2,1H3. The van der Waals surface area contributed by atoms with Crippen molar-refractivity contribution in [2.24, 2.45) is 5.92 Å². The third-order valence-electron chi connectivity index (χ3n) is 5.61. The predicted molar refractivity (Wildman–Crippen MR) is 87.8 cm³/mol. The largest absolute Gasteiger partial charge is 0.393 e. The fourth-order valence-electron chi connectivity index (χ4n) is 3.93. The van der Waals surface area contributed by atoms with Crippen LogP contribution in [0.3, 0.4) is 0 Å². The van der Waals surface area contributed by atoms with Crippen molar-refractivity contribution in [2.75, 3.05) is 6.54 Å². The van der Waals surface area contributed by atoms with Gasteiger partial charge in [-0.3, -0.25) is 0 Å². The Kier molecular flexibility index (Phi) is 4.58. The van der Waals surface area contributed by atoms with Gasteiger partial charge in [0.15, 0.2) is 0 Å². The van der Waals surface area contributed by atoms with Crippen LogP contribution in [0.4, 0.5) is 0 Å². The molecule has 0 bridgehead atoms. The summed E-state index contributed by atoms with van der Waals surface area (Å²) < 4.78 is 0. The number of rotatable bonds is 4. The molecule has 1 aliphatic heterocycles. The lowest BCUT2D eigenvalue weighted by atomic mass is 9.60. The van der Waals surface area contributed by atoms with Gasteiger partial charge in [-0.15, -0.1) is 0 Å². The molecule has 0 radical (unpaired) electrons. The number of benzene rings is 1. The molecule has 0 aromatic heterocycles. The minimum atomic E-state index is -0.194. The molecule has 3 unspecified atom stereocenters. The Labute approximate surface area is 132 Å². The van der Waals surface area contributed by atoms with E-state index in [0.29, 0.717) is 12.0 Å². The van der Waals surface area contributed by atoms with E-state index in [4.69, 9.17) is 11.6 Å². The number of hydrogen-bond acceptors (Lipinski definition) is 2. The van der Waals surface area contributed by atoms with E-state index < -0.39 is 0 Å². The first-order valence-corrected chi connectivity index (χ1v) is 8.64. The molecule has 1 heterocycles. The lowest BCUT2D eigenvalue weighted by Crippen LogP contribution is -2.45. The Morgan fingerprint density at radius 1 is 1.29 bits per heavy atom.